The van der Waals surface area contributed by atoms with Gasteiger partial charge in [-0.3, -0.25) is 0 Å². The van der Waals surface area contributed by atoms with Gasteiger partial charge in [0.05, 0.1) is 7.11 Å². The first-order valence-electron chi connectivity index (χ1n) is 3.69. The van der Waals surface area contributed by atoms with Crippen LogP contribution in [0.3, 0.4) is 0 Å². The first-order chi connectivity index (χ1) is 5.15. The van der Waals surface area contributed by atoms with Crippen LogP contribution < -0.4 is 21.7 Å². The molecule has 1 aromatic carbocycles. The number of hydrogen-bond acceptors (Lipinski definition) is 1. The van der Waals surface area contributed by atoms with Crippen molar-refractivity contribution in [2.45, 2.75) is 20.8 Å². The third-order valence-electron chi connectivity index (χ3n) is 1.72. The predicted molar refractivity (Wildman–Crippen MR) is 51.8 cm³/mol. The molecule has 1 aromatic rings. The molecule has 0 bridgehead atoms. The van der Waals surface area contributed by atoms with Crippen molar-refractivity contribution in [3.05, 3.63) is 28.8 Å². The fourth-order valence-electron chi connectivity index (χ4n) is 1.39. The van der Waals surface area contributed by atoms with Crippen LogP contribution in [0.25, 0.3) is 0 Å². The molecule has 0 saturated heterocycles. The van der Waals surface area contributed by atoms with Crippen LogP contribution in [0.1, 0.15) is 16.7 Å². The zero-order valence-electron chi connectivity index (χ0n) is 8.57. The van der Waals surface area contributed by atoms with Crippen molar-refractivity contribution in [3.8, 4) is 5.75 Å². The minimum absolute atomic E-state index is 0. The zero-order valence-corrected chi connectivity index (χ0v) is 11.6. The molecule has 68 valence electrons. The summed E-state index contributed by atoms with van der Waals surface area (Å²) in [4.78, 5) is 0. The molecule has 0 aromatic heterocycles. The molecular weight excluding hydrogens is 240 g/mol. The van der Waals surface area contributed by atoms with Gasteiger partial charge in [-0.15, -0.1) is 11.1 Å². The second-order valence-corrected chi connectivity index (χ2v) is 2.79. The minimum Gasteiger partial charge on any atom is -1.00 e. The Balaban J connectivity index is 0. The third kappa shape index (κ3) is 3.87. The Kier molecular flexibility index (Phi) is 8.08. The molecule has 0 saturated carbocycles. The Morgan fingerprint density at radius 3 is 2.15 bits per heavy atom. The summed E-state index contributed by atoms with van der Waals surface area (Å²) >= 11 is 0. The quantitative estimate of drug-likeness (QED) is 0.463. The zero-order chi connectivity index (χ0) is 8.43. The summed E-state index contributed by atoms with van der Waals surface area (Å²) in [6, 6.07) is 5.28. The molecule has 0 heterocycles. The summed E-state index contributed by atoms with van der Waals surface area (Å²) in [5.41, 5.74) is 3.44. The van der Waals surface area contributed by atoms with Crippen LogP contribution in [-0.2, 0) is 0 Å². The van der Waals surface area contributed by atoms with E-state index in [2.05, 4.69) is 12.1 Å². The Hall–Kier alpha value is 0.266. The molecular formula is C10H13BrMgO. The first-order valence-corrected chi connectivity index (χ1v) is 3.69. The number of ether oxygens (including phenoxy) is 1. The van der Waals surface area contributed by atoms with E-state index < -0.39 is 0 Å². The van der Waals surface area contributed by atoms with E-state index in [1.54, 1.807) is 7.11 Å². The Morgan fingerprint density at radius 1 is 1.23 bits per heavy atom. The molecule has 0 unspecified atom stereocenters. The van der Waals surface area contributed by atoms with Crippen LogP contribution in [0.4, 0.5) is 0 Å². The van der Waals surface area contributed by atoms with E-state index in [1.807, 2.05) is 20.8 Å². The second-order valence-electron chi connectivity index (χ2n) is 2.79. The molecule has 0 N–H and O–H groups in total. The smallest absolute Gasteiger partial charge is 1.00 e. The van der Waals surface area contributed by atoms with Crippen molar-refractivity contribution in [3.63, 3.8) is 0 Å². The van der Waals surface area contributed by atoms with Gasteiger partial charge in [-0.2, -0.15) is 17.7 Å². The van der Waals surface area contributed by atoms with E-state index in [9.17, 15) is 0 Å². The van der Waals surface area contributed by atoms with Gasteiger partial charge in [0.15, 0.2) is 0 Å². The second kappa shape index (κ2) is 6.68. The van der Waals surface area contributed by atoms with Crippen molar-refractivity contribution in [1.29, 1.82) is 0 Å². The van der Waals surface area contributed by atoms with E-state index in [0.717, 1.165) is 11.3 Å². The van der Waals surface area contributed by atoms with Gasteiger partial charge >= 0.3 is 23.1 Å². The monoisotopic (exact) mass is 252 g/mol. The molecule has 13 heavy (non-hydrogen) atoms. The average molecular weight is 253 g/mol. The fraction of sp³-hybridized carbons (Fsp3) is 0.400. The van der Waals surface area contributed by atoms with E-state index in [-0.39, 0.29) is 40.0 Å². The Morgan fingerprint density at radius 2 is 1.77 bits per heavy atom. The maximum absolute atomic E-state index is 5.20. The molecule has 0 radical (unpaired) electrons. The molecule has 0 aliphatic heterocycles. The van der Waals surface area contributed by atoms with Gasteiger partial charge in [0.2, 0.25) is 0 Å². The van der Waals surface area contributed by atoms with Gasteiger partial charge in [-0.1, -0.05) is 20.8 Å². The van der Waals surface area contributed by atoms with Gasteiger partial charge in [-0.25, -0.2) is 0 Å². The Bertz CT molecular complexity index is 251. The number of benzene rings is 1. The third-order valence-corrected chi connectivity index (χ3v) is 1.72. The number of halogens is 1. The van der Waals surface area contributed by atoms with Crippen molar-refractivity contribution in [2.24, 2.45) is 0 Å². The van der Waals surface area contributed by atoms with Crippen LogP contribution in [-0.4, -0.2) is 30.2 Å². The van der Waals surface area contributed by atoms with E-state index in [1.165, 1.54) is 11.1 Å². The molecule has 3 heteroatoms. The summed E-state index contributed by atoms with van der Waals surface area (Å²) in [6.45, 7) is 6.10. The molecule has 1 rings (SSSR count). The maximum atomic E-state index is 5.20. The van der Waals surface area contributed by atoms with Gasteiger partial charge in [0, 0.05) is 5.75 Å². The standard InChI is InChI=1S/C10H13O.BrH.Mg/c1-7-5-8(2)10(11-4)9(3)6-7;;/h5H,1-4H3;1H;/q-1;;+2/p-1. The maximum Gasteiger partial charge on any atom is 2.00 e. The van der Waals surface area contributed by atoms with Gasteiger partial charge in [0.1, 0.15) is 0 Å². The minimum atomic E-state index is 0. The fourth-order valence-corrected chi connectivity index (χ4v) is 1.39. The Labute approximate surface area is 107 Å². The molecule has 0 aliphatic carbocycles. The predicted octanol–water partition coefficient (Wildman–Crippen LogP) is -0.956. The molecule has 0 aliphatic rings. The molecule has 1 nitrogen and oxygen atoms in total. The van der Waals surface area contributed by atoms with Crippen LogP contribution in [0.5, 0.6) is 5.75 Å². The van der Waals surface area contributed by atoms with Gasteiger partial charge < -0.3 is 21.7 Å². The molecule has 0 fully saturated rings. The van der Waals surface area contributed by atoms with E-state index in [4.69, 9.17) is 4.74 Å². The normalized spacial score (nSPS) is 8.31. The van der Waals surface area contributed by atoms with Crippen LogP contribution in [0, 0.1) is 26.8 Å². The van der Waals surface area contributed by atoms with Crippen molar-refractivity contribution >= 4 is 23.1 Å². The van der Waals surface area contributed by atoms with Crippen molar-refractivity contribution in [2.75, 3.05) is 7.11 Å². The average Bonchev–Trinajstić information content (AvgIpc) is 1.85. The molecule has 0 atom stereocenters. The van der Waals surface area contributed by atoms with E-state index in [0.29, 0.717) is 0 Å². The largest absolute Gasteiger partial charge is 2.00 e. The number of hydrogen-bond donors (Lipinski definition) is 0. The first kappa shape index (κ1) is 15.7. The summed E-state index contributed by atoms with van der Waals surface area (Å²) in [5, 5.41) is 0. The summed E-state index contributed by atoms with van der Waals surface area (Å²) in [7, 11) is 1.69. The van der Waals surface area contributed by atoms with Crippen molar-refractivity contribution in [1.82, 2.24) is 0 Å². The topological polar surface area (TPSA) is 9.23 Å². The number of methoxy groups -OCH3 is 1. The van der Waals surface area contributed by atoms with E-state index >= 15 is 0 Å². The molecule has 0 amide bonds. The van der Waals surface area contributed by atoms with Crippen LogP contribution in [0.15, 0.2) is 6.07 Å². The SMILES string of the molecule is COc1c(C)[c-]c(C)cc1C.[Br-].[Mg+2]. The number of aryl methyl sites for hydroxylation is 3. The van der Waals surface area contributed by atoms with Gasteiger partial charge in [-0.05, 0) is 0 Å². The van der Waals surface area contributed by atoms with Crippen molar-refractivity contribution < 1.29 is 21.7 Å². The van der Waals surface area contributed by atoms with Crippen LogP contribution >= 0.6 is 0 Å². The molecule has 0 spiro atoms. The summed E-state index contributed by atoms with van der Waals surface area (Å²) in [5.74, 6) is 0.954. The summed E-state index contributed by atoms with van der Waals surface area (Å²) < 4.78 is 5.20. The van der Waals surface area contributed by atoms with Gasteiger partial charge in [0.25, 0.3) is 0 Å². The summed E-state index contributed by atoms with van der Waals surface area (Å²) in [6.07, 6.45) is 0. The van der Waals surface area contributed by atoms with Crippen LogP contribution in [0.2, 0.25) is 0 Å². The number of rotatable bonds is 1.